The number of fused-ring (bicyclic) bond motifs is 1. The molecule has 0 saturated heterocycles. The largest absolute Gasteiger partial charge is 0.217 e. The van der Waals surface area contributed by atoms with Crippen LogP contribution in [0.25, 0.3) is 6.08 Å². The molecule has 0 amide bonds. The van der Waals surface area contributed by atoms with Crippen LogP contribution in [-0.4, -0.2) is 13.3 Å². The van der Waals surface area contributed by atoms with Crippen molar-refractivity contribution in [2.45, 2.75) is 19.3 Å². The molecule has 0 saturated carbocycles. The van der Waals surface area contributed by atoms with Gasteiger partial charge in [-0.1, -0.05) is 55.5 Å². The molecule has 2 atom stereocenters. The molecule has 0 N–H and O–H groups in total. The van der Waals surface area contributed by atoms with E-state index in [1.165, 1.54) is 16.7 Å². The quantitative estimate of drug-likeness (QED) is 0.780. The van der Waals surface area contributed by atoms with Gasteiger partial charge in [-0.2, -0.15) is 8.42 Å². The zero-order chi connectivity index (χ0) is 14.1. The Balaban J connectivity index is 1.86. The molecule has 0 fully saturated rings. The van der Waals surface area contributed by atoms with Gasteiger partial charge < -0.3 is 0 Å². The van der Waals surface area contributed by atoms with Gasteiger partial charge in [0.2, 0.25) is 10.3 Å². The molecule has 2 aliphatic rings. The fourth-order valence-electron chi connectivity index (χ4n) is 2.93. The summed E-state index contributed by atoms with van der Waals surface area (Å²) in [5.41, 5.74) is 3.86. The topological polar surface area (TPSA) is 34.1 Å². The normalized spacial score (nSPS) is 21.6. The Morgan fingerprint density at radius 3 is 2.65 bits per heavy atom. The standard InChI is InChI=1S/C17H16O2S/c1-12(13-6-9-15(10-7-13)20(18)19)16-11-8-14-4-2-3-5-17(14)16/h2-9,11-12,16H,10H2,1H3. The van der Waals surface area contributed by atoms with Crippen LogP contribution in [0.15, 0.2) is 54.1 Å². The highest BCUT2D eigenvalue weighted by molar-refractivity contribution is 7.73. The summed E-state index contributed by atoms with van der Waals surface area (Å²) in [5, 5.41) is 0. The molecule has 1 aromatic rings. The predicted molar refractivity (Wildman–Crippen MR) is 83.1 cm³/mol. The zero-order valence-corrected chi connectivity index (χ0v) is 12.1. The van der Waals surface area contributed by atoms with Gasteiger partial charge in [-0.15, -0.1) is 0 Å². The van der Waals surface area contributed by atoms with Crippen molar-refractivity contribution in [1.82, 2.24) is 0 Å². The van der Waals surface area contributed by atoms with Gasteiger partial charge in [-0.05, 0) is 28.7 Å². The van der Waals surface area contributed by atoms with Gasteiger partial charge in [0.1, 0.15) is 0 Å². The third kappa shape index (κ3) is 2.29. The van der Waals surface area contributed by atoms with Gasteiger partial charge in [0.05, 0.1) is 4.86 Å². The molecule has 3 heteroatoms. The van der Waals surface area contributed by atoms with Crippen LogP contribution in [0.5, 0.6) is 0 Å². The molecule has 2 aliphatic carbocycles. The lowest BCUT2D eigenvalue weighted by molar-refractivity contribution is 0.622. The average Bonchev–Trinajstić information content (AvgIpc) is 2.90. The monoisotopic (exact) mass is 284 g/mol. The van der Waals surface area contributed by atoms with Crippen LogP contribution in [0.4, 0.5) is 0 Å². The van der Waals surface area contributed by atoms with Crippen LogP contribution >= 0.6 is 0 Å². The molecule has 0 aromatic heterocycles. The second kappa shape index (κ2) is 5.25. The Bertz CT molecular complexity index is 756. The number of benzene rings is 1. The van der Waals surface area contributed by atoms with Crippen molar-refractivity contribution in [3.63, 3.8) is 0 Å². The summed E-state index contributed by atoms with van der Waals surface area (Å²) in [5.74, 6) is 0.731. The second-order valence-corrected chi connectivity index (χ2v) is 6.24. The Kier molecular flexibility index (Phi) is 3.45. The third-order valence-electron chi connectivity index (χ3n) is 4.12. The molecule has 0 bridgehead atoms. The molecule has 0 radical (unpaired) electrons. The van der Waals surface area contributed by atoms with E-state index in [0.29, 0.717) is 23.1 Å². The van der Waals surface area contributed by atoms with E-state index >= 15 is 0 Å². The van der Waals surface area contributed by atoms with Crippen molar-refractivity contribution < 1.29 is 8.42 Å². The first-order valence-corrected chi connectivity index (χ1v) is 7.84. The number of allylic oxidation sites excluding steroid dienone is 5. The van der Waals surface area contributed by atoms with Crippen molar-refractivity contribution in [2.24, 2.45) is 5.92 Å². The Hall–Kier alpha value is -1.87. The molecule has 20 heavy (non-hydrogen) atoms. The highest BCUT2D eigenvalue weighted by Gasteiger charge is 2.25. The lowest BCUT2D eigenvalue weighted by Gasteiger charge is -2.22. The Morgan fingerprint density at radius 1 is 1.15 bits per heavy atom. The smallest absolute Gasteiger partial charge is 0.184 e. The maximum absolute atomic E-state index is 10.9. The summed E-state index contributed by atoms with van der Waals surface area (Å²) in [6.45, 7) is 2.20. The predicted octanol–water partition coefficient (Wildman–Crippen LogP) is 3.37. The first-order chi connectivity index (χ1) is 9.66. The minimum atomic E-state index is -2.10. The van der Waals surface area contributed by atoms with Gasteiger partial charge in [0.25, 0.3) is 0 Å². The summed E-state index contributed by atoms with van der Waals surface area (Å²) in [4.78, 5) is 0.461. The lowest BCUT2D eigenvalue weighted by atomic mass is 9.82. The second-order valence-electron chi connectivity index (χ2n) is 5.25. The highest BCUT2D eigenvalue weighted by Crippen LogP contribution is 2.39. The fraction of sp³-hybridized carbons (Fsp3) is 0.235. The van der Waals surface area contributed by atoms with Crippen LogP contribution in [0.1, 0.15) is 30.4 Å². The van der Waals surface area contributed by atoms with Crippen molar-refractivity contribution in [1.29, 1.82) is 0 Å². The fourth-order valence-corrected chi connectivity index (χ4v) is 3.32. The maximum atomic E-state index is 10.9. The van der Waals surface area contributed by atoms with Crippen molar-refractivity contribution >= 4 is 21.2 Å². The van der Waals surface area contributed by atoms with Crippen molar-refractivity contribution in [2.75, 3.05) is 0 Å². The van der Waals surface area contributed by atoms with E-state index in [2.05, 4.69) is 43.3 Å². The van der Waals surface area contributed by atoms with E-state index in [1.807, 2.05) is 12.2 Å². The molecular weight excluding hydrogens is 268 g/mol. The van der Waals surface area contributed by atoms with E-state index in [4.69, 9.17) is 0 Å². The number of hydrogen-bond acceptors (Lipinski definition) is 2. The zero-order valence-electron chi connectivity index (χ0n) is 11.3. The molecule has 0 aliphatic heterocycles. The maximum Gasteiger partial charge on any atom is 0.217 e. The molecule has 1 aromatic carbocycles. The molecule has 0 spiro atoms. The molecule has 102 valence electrons. The number of rotatable bonds is 2. The first-order valence-electron chi connectivity index (χ1n) is 6.77. The molecule has 2 unspecified atom stereocenters. The van der Waals surface area contributed by atoms with Crippen molar-refractivity contribution in [3.8, 4) is 0 Å². The average molecular weight is 284 g/mol. The minimum absolute atomic E-state index is 0.354. The van der Waals surface area contributed by atoms with Crippen LogP contribution < -0.4 is 0 Å². The van der Waals surface area contributed by atoms with Gasteiger partial charge >= 0.3 is 0 Å². The summed E-state index contributed by atoms with van der Waals surface area (Å²) in [7, 11) is -2.10. The summed E-state index contributed by atoms with van der Waals surface area (Å²) in [6.07, 6.45) is 10.6. The Morgan fingerprint density at radius 2 is 1.95 bits per heavy atom. The molecule has 0 heterocycles. The van der Waals surface area contributed by atoms with Crippen LogP contribution in [0, 0.1) is 5.92 Å². The van der Waals surface area contributed by atoms with Gasteiger partial charge in [0.15, 0.2) is 0 Å². The summed E-state index contributed by atoms with van der Waals surface area (Å²) >= 11 is 0. The SMILES string of the molecule is CC(C1=CCC(=S(=O)=O)C=C1)C1C=Cc2ccccc21. The lowest BCUT2D eigenvalue weighted by Crippen LogP contribution is -2.11. The molecular formula is C17H16O2S. The van der Waals surface area contributed by atoms with E-state index < -0.39 is 10.3 Å². The summed E-state index contributed by atoms with van der Waals surface area (Å²) in [6, 6.07) is 8.44. The van der Waals surface area contributed by atoms with E-state index in [-0.39, 0.29) is 0 Å². The number of hydrogen-bond donors (Lipinski definition) is 0. The summed E-state index contributed by atoms with van der Waals surface area (Å²) < 4.78 is 21.8. The minimum Gasteiger partial charge on any atom is -0.184 e. The van der Waals surface area contributed by atoms with Gasteiger partial charge in [0, 0.05) is 12.3 Å². The third-order valence-corrected chi connectivity index (χ3v) is 4.85. The van der Waals surface area contributed by atoms with Gasteiger partial charge in [-0.25, -0.2) is 0 Å². The van der Waals surface area contributed by atoms with Crippen LogP contribution in [0.2, 0.25) is 0 Å². The van der Waals surface area contributed by atoms with Crippen LogP contribution in [-0.2, 0) is 10.3 Å². The van der Waals surface area contributed by atoms with E-state index in [1.54, 1.807) is 6.08 Å². The first kappa shape index (κ1) is 13.1. The molecule has 2 nitrogen and oxygen atoms in total. The highest BCUT2D eigenvalue weighted by atomic mass is 32.2. The van der Waals surface area contributed by atoms with E-state index in [0.717, 1.165) is 0 Å². The molecule has 3 rings (SSSR count). The van der Waals surface area contributed by atoms with Crippen LogP contribution in [0.3, 0.4) is 0 Å². The van der Waals surface area contributed by atoms with E-state index in [9.17, 15) is 8.42 Å². The van der Waals surface area contributed by atoms with Gasteiger partial charge in [-0.3, -0.25) is 0 Å². The Labute approximate surface area is 120 Å². The van der Waals surface area contributed by atoms with Crippen molar-refractivity contribution in [3.05, 3.63) is 65.3 Å².